The molecule has 1 N–H and O–H groups in total. The second-order valence-corrected chi connectivity index (χ2v) is 6.01. The number of carbonyl (C=O) groups is 2. The molecule has 4 rings (SSSR count). The molecule has 2 unspecified atom stereocenters. The van der Waals surface area contributed by atoms with Crippen molar-refractivity contribution in [3.05, 3.63) is 18.2 Å². The first-order valence-corrected chi connectivity index (χ1v) is 7.87. The summed E-state index contributed by atoms with van der Waals surface area (Å²) in [5.41, 5.74) is 1.41. The van der Waals surface area contributed by atoms with Crippen molar-refractivity contribution < 1.29 is 24.2 Å². The van der Waals surface area contributed by atoms with Crippen LogP contribution in [0.15, 0.2) is 18.2 Å². The maximum absolute atomic E-state index is 12.1. The first kappa shape index (κ1) is 14.3. The summed E-state index contributed by atoms with van der Waals surface area (Å²) in [6.45, 7) is 0.742. The molecule has 3 heterocycles. The van der Waals surface area contributed by atoms with Crippen LogP contribution in [0.4, 0.5) is 16.2 Å². The van der Waals surface area contributed by atoms with Gasteiger partial charge >= 0.3 is 6.09 Å². The van der Waals surface area contributed by atoms with Crippen molar-refractivity contribution in [2.75, 3.05) is 29.6 Å². The third kappa shape index (κ3) is 2.23. The largest absolute Gasteiger partial charge is 0.489 e. The lowest BCUT2D eigenvalue weighted by atomic mass is 10.1. The second-order valence-electron chi connectivity index (χ2n) is 6.01. The fourth-order valence-electron chi connectivity index (χ4n) is 3.42. The van der Waals surface area contributed by atoms with Gasteiger partial charge in [0, 0.05) is 24.7 Å². The number of ether oxygens (including phenoxy) is 2. The summed E-state index contributed by atoms with van der Waals surface area (Å²) in [7, 11) is 0. The summed E-state index contributed by atoms with van der Waals surface area (Å²) in [5, 5.41) is 9.31. The molecule has 7 heteroatoms. The fourth-order valence-corrected chi connectivity index (χ4v) is 3.42. The highest BCUT2D eigenvalue weighted by atomic mass is 16.6. The van der Waals surface area contributed by atoms with E-state index in [-0.39, 0.29) is 25.2 Å². The average molecular weight is 318 g/mol. The van der Waals surface area contributed by atoms with E-state index in [4.69, 9.17) is 9.47 Å². The zero-order chi connectivity index (χ0) is 16.0. The lowest BCUT2D eigenvalue weighted by Gasteiger charge is -2.32. The SMILES string of the molecule is O=C1CCCCN1c1ccc2c(c1)OCC1C(CO)OC(=O)N21. The molecule has 0 saturated carbocycles. The van der Waals surface area contributed by atoms with Gasteiger partial charge in [0.05, 0.1) is 12.3 Å². The summed E-state index contributed by atoms with van der Waals surface area (Å²) in [6.07, 6.45) is 1.44. The van der Waals surface area contributed by atoms with Crippen LogP contribution >= 0.6 is 0 Å². The molecule has 7 nitrogen and oxygen atoms in total. The number of rotatable bonds is 2. The number of anilines is 2. The summed E-state index contributed by atoms with van der Waals surface area (Å²) in [5.74, 6) is 0.679. The molecule has 2 atom stereocenters. The van der Waals surface area contributed by atoms with E-state index in [9.17, 15) is 14.7 Å². The molecule has 0 aromatic heterocycles. The van der Waals surface area contributed by atoms with Gasteiger partial charge in [-0.25, -0.2) is 4.79 Å². The Morgan fingerprint density at radius 2 is 2.13 bits per heavy atom. The first-order valence-electron chi connectivity index (χ1n) is 7.87. The molecule has 2 amide bonds. The van der Waals surface area contributed by atoms with E-state index < -0.39 is 12.2 Å². The van der Waals surface area contributed by atoms with Gasteiger partial charge < -0.3 is 19.5 Å². The molecule has 1 aromatic carbocycles. The van der Waals surface area contributed by atoms with Crippen molar-refractivity contribution in [3.8, 4) is 5.75 Å². The van der Waals surface area contributed by atoms with Crippen LogP contribution in [0.2, 0.25) is 0 Å². The Morgan fingerprint density at radius 3 is 2.91 bits per heavy atom. The molecule has 0 bridgehead atoms. The van der Waals surface area contributed by atoms with E-state index >= 15 is 0 Å². The number of piperidine rings is 1. The number of cyclic esters (lactones) is 1. The van der Waals surface area contributed by atoms with E-state index in [0.717, 1.165) is 18.5 Å². The van der Waals surface area contributed by atoms with Crippen LogP contribution in [-0.4, -0.2) is 49.0 Å². The van der Waals surface area contributed by atoms with Gasteiger partial charge in [0.1, 0.15) is 18.4 Å². The number of nitrogens with zero attached hydrogens (tertiary/aromatic N) is 2. The van der Waals surface area contributed by atoms with Gasteiger partial charge in [0.15, 0.2) is 6.10 Å². The zero-order valence-corrected chi connectivity index (χ0v) is 12.6. The van der Waals surface area contributed by atoms with Gasteiger partial charge in [-0.15, -0.1) is 0 Å². The van der Waals surface area contributed by atoms with Gasteiger partial charge in [-0.1, -0.05) is 0 Å². The molecule has 3 aliphatic heterocycles. The molecule has 2 saturated heterocycles. The number of carbonyl (C=O) groups excluding carboxylic acids is 2. The lowest BCUT2D eigenvalue weighted by Crippen LogP contribution is -2.45. The minimum Gasteiger partial charge on any atom is -0.489 e. The van der Waals surface area contributed by atoms with Crippen molar-refractivity contribution in [1.82, 2.24) is 0 Å². The first-order chi connectivity index (χ1) is 11.2. The average Bonchev–Trinajstić information content (AvgIpc) is 2.91. The van der Waals surface area contributed by atoms with Crippen molar-refractivity contribution in [1.29, 1.82) is 0 Å². The van der Waals surface area contributed by atoms with Crippen LogP contribution in [0.5, 0.6) is 5.75 Å². The minimum absolute atomic E-state index is 0.116. The molecule has 0 spiro atoms. The predicted molar refractivity (Wildman–Crippen MR) is 81.8 cm³/mol. The maximum Gasteiger partial charge on any atom is 0.415 e. The molecule has 0 aliphatic carbocycles. The van der Waals surface area contributed by atoms with E-state index in [2.05, 4.69) is 0 Å². The molecule has 3 aliphatic rings. The Hall–Kier alpha value is -2.28. The predicted octanol–water partition coefficient (Wildman–Crippen LogP) is 1.28. The van der Waals surface area contributed by atoms with Crippen LogP contribution in [-0.2, 0) is 9.53 Å². The zero-order valence-electron chi connectivity index (χ0n) is 12.6. The van der Waals surface area contributed by atoms with E-state index in [1.165, 1.54) is 4.90 Å². The summed E-state index contributed by atoms with van der Waals surface area (Å²) >= 11 is 0. The lowest BCUT2D eigenvalue weighted by molar-refractivity contribution is -0.119. The molecule has 23 heavy (non-hydrogen) atoms. The molecule has 1 aromatic rings. The Kier molecular flexibility index (Phi) is 3.37. The van der Waals surface area contributed by atoms with Crippen molar-refractivity contribution >= 4 is 23.4 Å². The molecular formula is C16H18N2O5. The van der Waals surface area contributed by atoms with Crippen molar-refractivity contribution in [3.63, 3.8) is 0 Å². The molecule has 0 radical (unpaired) electrons. The second kappa shape index (κ2) is 5.42. The standard InChI is InChI=1S/C16H18N2O5/c19-8-14-12-9-22-13-7-10(17-6-2-1-3-15(17)20)4-5-11(13)18(12)16(21)23-14/h4-5,7,12,14,19H,1-3,6,8-9H2. The summed E-state index contributed by atoms with van der Waals surface area (Å²) in [6, 6.07) is 5.09. The topological polar surface area (TPSA) is 79.3 Å². The quantitative estimate of drug-likeness (QED) is 0.888. The van der Waals surface area contributed by atoms with Crippen LogP contribution in [0.1, 0.15) is 19.3 Å². The Bertz CT molecular complexity index is 662. The van der Waals surface area contributed by atoms with E-state index in [1.807, 2.05) is 6.07 Å². The van der Waals surface area contributed by atoms with E-state index in [1.54, 1.807) is 17.0 Å². The Labute approximate surface area is 133 Å². The van der Waals surface area contributed by atoms with E-state index in [0.29, 0.717) is 24.4 Å². The number of amides is 2. The minimum atomic E-state index is -0.570. The monoisotopic (exact) mass is 318 g/mol. The highest BCUT2D eigenvalue weighted by molar-refractivity contribution is 5.97. The normalized spacial score (nSPS) is 26.5. The smallest absolute Gasteiger partial charge is 0.415 e. The molecule has 2 fully saturated rings. The van der Waals surface area contributed by atoms with Gasteiger partial charge in [-0.05, 0) is 25.0 Å². The van der Waals surface area contributed by atoms with Gasteiger partial charge in [0.25, 0.3) is 0 Å². The Balaban J connectivity index is 1.66. The van der Waals surface area contributed by atoms with Crippen LogP contribution in [0.25, 0.3) is 0 Å². The fraction of sp³-hybridized carbons (Fsp3) is 0.500. The van der Waals surface area contributed by atoms with Crippen LogP contribution in [0, 0.1) is 0 Å². The number of hydrogen-bond acceptors (Lipinski definition) is 5. The van der Waals surface area contributed by atoms with Crippen molar-refractivity contribution in [2.24, 2.45) is 0 Å². The van der Waals surface area contributed by atoms with Crippen LogP contribution in [0.3, 0.4) is 0 Å². The van der Waals surface area contributed by atoms with Gasteiger partial charge in [0.2, 0.25) is 5.91 Å². The van der Waals surface area contributed by atoms with Gasteiger partial charge in [-0.2, -0.15) is 0 Å². The maximum atomic E-state index is 12.1. The third-order valence-electron chi connectivity index (χ3n) is 4.64. The van der Waals surface area contributed by atoms with Crippen molar-refractivity contribution in [2.45, 2.75) is 31.4 Å². The molecule has 122 valence electrons. The number of benzene rings is 1. The molecular weight excluding hydrogens is 300 g/mol. The summed E-state index contributed by atoms with van der Waals surface area (Å²) in [4.78, 5) is 27.4. The highest BCUT2D eigenvalue weighted by Gasteiger charge is 2.46. The Morgan fingerprint density at radius 1 is 1.26 bits per heavy atom. The number of hydrogen-bond donors (Lipinski definition) is 1. The highest BCUT2D eigenvalue weighted by Crippen LogP contribution is 2.41. The number of aliphatic hydroxyl groups is 1. The third-order valence-corrected chi connectivity index (χ3v) is 4.64. The number of aliphatic hydroxyl groups excluding tert-OH is 1. The number of fused-ring (bicyclic) bond motifs is 3. The van der Waals surface area contributed by atoms with Crippen LogP contribution < -0.4 is 14.5 Å². The van der Waals surface area contributed by atoms with Gasteiger partial charge in [-0.3, -0.25) is 9.69 Å². The summed E-state index contributed by atoms with van der Waals surface area (Å²) < 4.78 is 10.9.